The van der Waals surface area contributed by atoms with Crippen LogP contribution in [0.5, 0.6) is 0 Å². The number of likely N-dealkylation sites (N-methyl/N-ethyl adjacent to an activating group) is 1. The lowest BCUT2D eigenvalue weighted by molar-refractivity contribution is -0.202. The number of anilines is 4. The summed E-state index contributed by atoms with van der Waals surface area (Å²) in [7, 11) is 1.32. The van der Waals surface area contributed by atoms with Crippen LogP contribution in [0.2, 0.25) is 5.02 Å². The van der Waals surface area contributed by atoms with Crippen LogP contribution in [0.1, 0.15) is 24.6 Å². The highest BCUT2D eigenvalue weighted by atomic mass is 35.5. The maximum atomic E-state index is 13.0. The second kappa shape index (κ2) is 12.7. The quantitative estimate of drug-likeness (QED) is 0.235. The van der Waals surface area contributed by atoms with E-state index in [-0.39, 0.29) is 47.4 Å². The number of nitriles is 2. The van der Waals surface area contributed by atoms with Crippen molar-refractivity contribution in [3.8, 4) is 12.1 Å². The molecule has 0 saturated carbocycles. The van der Waals surface area contributed by atoms with Gasteiger partial charge in [0.25, 0.3) is 0 Å². The summed E-state index contributed by atoms with van der Waals surface area (Å²) in [5.74, 6) is 0.372. The fourth-order valence-corrected chi connectivity index (χ4v) is 5.03. The van der Waals surface area contributed by atoms with Gasteiger partial charge in [0.05, 0.1) is 40.3 Å². The van der Waals surface area contributed by atoms with Gasteiger partial charge in [-0.05, 0) is 25.5 Å². The lowest BCUT2D eigenvalue weighted by Gasteiger charge is -2.43. The predicted octanol–water partition coefficient (Wildman–Crippen LogP) is 2.77. The van der Waals surface area contributed by atoms with Crippen molar-refractivity contribution >= 4 is 46.5 Å². The van der Waals surface area contributed by atoms with Gasteiger partial charge in [0.15, 0.2) is 23.3 Å². The fraction of sp³-hybridized carbons (Fsp3) is 0.440. The first-order valence-corrected chi connectivity index (χ1v) is 13.3. The van der Waals surface area contributed by atoms with Crippen LogP contribution in [-0.4, -0.2) is 98.4 Å². The smallest absolute Gasteiger partial charge is 0.415 e. The van der Waals surface area contributed by atoms with E-state index in [9.17, 15) is 38.7 Å². The van der Waals surface area contributed by atoms with Gasteiger partial charge in [0.2, 0.25) is 5.95 Å². The van der Waals surface area contributed by atoms with Crippen molar-refractivity contribution in [3.63, 3.8) is 0 Å². The van der Waals surface area contributed by atoms with Gasteiger partial charge < -0.3 is 36.0 Å². The Kier molecular flexibility index (Phi) is 9.29. The third-order valence-electron chi connectivity index (χ3n) is 6.92. The molecule has 1 saturated heterocycles. The summed E-state index contributed by atoms with van der Waals surface area (Å²) in [4.78, 5) is 23.0. The standard InChI is InChI=1S/C25H27ClF3N11O3/c1-3-32-21-22-34-10-14(9-31)40(22)37-23(36-21)35-15-6-13(8-30)7-18(20(15)26)39-5-4-17(38(2)24(42)43)16(12-39)33-11-19(41)25(27,28)29/h6-7,10,16-17,19,33,41H,3-5,11-12H2,1-2H3,(H,42,43)(H2,32,35,36,37)/t16-,17+,19?/m0/s1. The molecule has 0 aliphatic carbocycles. The van der Waals surface area contributed by atoms with Crippen LogP contribution in [-0.2, 0) is 0 Å². The average Bonchev–Trinajstić information content (AvgIpc) is 3.39. The molecule has 4 rings (SSSR count). The first-order valence-electron chi connectivity index (χ1n) is 13.0. The monoisotopic (exact) mass is 621 g/mol. The van der Waals surface area contributed by atoms with E-state index < -0.39 is 37.0 Å². The van der Waals surface area contributed by atoms with E-state index >= 15 is 0 Å². The number of benzene rings is 1. The SMILES string of the molecule is CCNc1nc(Nc2cc(C#N)cc(N3CC[C@@H](N(C)C(=O)O)[C@@H](NCC(O)C(F)(F)F)C3)c2Cl)nn2c(C#N)cnc12. The summed E-state index contributed by atoms with van der Waals surface area (Å²) in [6.07, 6.45) is -7.21. The molecule has 43 heavy (non-hydrogen) atoms. The van der Waals surface area contributed by atoms with Crippen molar-refractivity contribution in [2.75, 3.05) is 48.8 Å². The Balaban J connectivity index is 1.68. The van der Waals surface area contributed by atoms with E-state index in [4.69, 9.17) is 11.6 Å². The number of hydrogen-bond donors (Lipinski definition) is 5. The topological polar surface area (TPSA) is 191 Å². The summed E-state index contributed by atoms with van der Waals surface area (Å²) in [6.45, 7) is 1.76. The second-order valence-electron chi connectivity index (χ2n) is 9.67. The maximum absolute atomic E-state index is 13.0. The molecular weight excluding hydrogens is 595 g/mol. The lowest BCUT2D eigenvalue weighted by Crippen LogP contribution is -2.61. The Hall–Kier alpha value is -4.58. The highest BCUT2D eigenvalue weighted by Crippen LogP contribution is 2.37. The molecule has 5 N–H and O–H groups in total. The van der Waals surface area contributed by atoms with Gasteiger partial charge in [-0.1, -0.05) is 11.6 Å². The third kappa shape index (κ3) is 6.75. The van der Waals surface area contributed by atoms with E-state index in [1.54, 1.807) is 4.90 Å². The number of imidazole rings is 1. The van der Waals surface area contributed by atoms with E-state index in [1.165, 1.54) is 29.9 Å². The largest absolute Gasteiger partial charge is 0.465 e. The van der Waals surface area contributed by atoms with E-state index in [0.29, 0.717) is 23.7 Å². The Morgan fingerprint density at radius 1 is 1.33 bits per heavy atom. The minimum absolute atomic E-state index is 0.00843. The second-order valence-corrected chi connectivity index (χ2v) is 10.0. The lowest BCUT2D eigenvalue weighted by atomic mass is 9.96. The highest BCUT2D eigenvalue weighted by molar-refractivity contribution is 6.36. The number of aromatic nitrogens is 4. The normalized spacial score (nSPS) is 17.7. The van der Waals surface area contributed by atoms with Gasteiger partial charge in [0.1, 0.15) is 6.07 Å². The van der Waals surface area contributed by atoms with Crippen LogP contribution in [0.4, 0.5) is 41.1 Å². The minimum atomic E-state index is -4.86. The molecule has 1 amide bonds. The van der Waals surface area contributed by atoms with E-state index in [1.807, 2.05) is 19.1 Å². The number of aliphatic hydroxyl groups is 1. The first-order chi connectivity index (χ1) is 20.4. The van der Waals surface area contributed by atoms with E-state index in [2.05, 4.69) is 31.0 Å². The number of halogens is 4. The van der Waals surface area contributed by atoms with Crippen molar-refractivity contribution < 1.29 is 28.2 Å². The molecule has 1 aliphatic heterocycles. The molecule has 1 aromatic carbocycles. The number of nitrogens with zero attached hydrogens (tertiary/aromatic N) is 8. The molecule has 0 radical (unpaired) electrons. The molecule has 1 unspecified atom stereocenters. The number of aliphatic hydroxyl groups excluding tert-OH is 1. The number of alkyl halides is 3. The number of amides is 1. The zero-order chi connectivity index (χ0) is 31.5. The molecule has 3 heterocycles. The van der Waals surface area contributed by atoms with Crippen LogP contribution in [0.3, 0.4) is 0 Å². The van der Waals surface area contributed by atoms with E-state index in [0.717, 1.165) is 4.90 Å². The molecule has 3 aromatic rings. The van der Waals surface area contributed by atoms with Gasteiger partial charge in [-0.15, -0.1) is 5.10 Å². The van der Waals surface area contributed by atoms with Gasteiger partial charge in [-0.25, -0.2) is 9.78 Å². The zero-order valence-electron chi connectivity index (χ0n) is 22.9. The van der Waals surface area contributed by atoms with Crippen molar-refractivity contribution in [1.29, 1.82) is 10.5 Å². The van der Waals surface area contributed by atoms with Gasteiger partial charge in [0, 0.05) is 39.3 Å². The van der Waals surface area contributed by atoms with Crippen LogP contribution in [0.15, 0.2) is 18.3 Å². The van der Waals surface area contributed by atoms with Crippen LogP contribution in [0.25, 0.3) is 5.65 Å². The molecule has 3 atom stereocenters. The molecule has 1 fully saturated rings. The number of fused-ring (bicyclic) bond motifs is 1. The van der Waals surface area contributed by atoms with Gasteiger partial charge in [-0.3, -0.25) is 0 Å². The number of carboxylic acid groups (broad SMARTS) is 1. The van der Waals surface area contributed by atoms with Crippen LogP contribution in [0, 0.1) is 22.7 Å². The summed E-state index contributed by atoms with van der Waals surface area (Å²) in [5.41, 5.74) is 1.26. The van der Waals surface area contributed by atoms with Gasteiger partial charge in [-0.2, -0.15) is 33.2 Å². The van der Waals surface area contributed by atoms with Gasteiger partial charge >= 0.3 is 12.3 Å². The number of rotatable bonds is 9. The maximum Gasteiger partial charge on any atom is 0.415 e. The number of hydrogen-bond acceptors (Lipinski definition) is 11. The Labute approximate surface area is 248 Å². The molecule has 0 spiro atoms. The summed E-state index contributed by atoms with van der Waals surface area (Å²) >= 11 is 6.79. The zero-order valence-corrected chi connectivity index (χ0v) is 23.6. The number of nitrogens with one attached hydrogen (secondary N) is 3. The fourth-order valence-electron chi connectivity index (χ4n) is 4.76. The summed E-state index contributed by atoms with van der Waals surface area (Å²) in [5, 5.41) is 51.4. The van der Waals surface area contributed by atoms with Crippen molar-refractivity contribution in [2.45, 2.75) is 37.7 Å². The number of piperidine rings is 1. The summed E-state index contributed by atoms with van der Waals surface area (Å²) < 4.78 is 40.2. The minimum Gasteiger partial charge on any atom is -0.465 e. The molecule has 0 bridgehead atoms. The van der Waals surface area contributed by atoms with Crippen molar-refractivity contribution in [1.82, 2.24) is 29.8 Å². The molecule has 14 nitrogen and oxygen atoms in total. The van der Waals surface area contributed by atoms with Crippen molar-refractivity contribution in [2.24, 2.45) is 0 Å². The Bertz CT molecular complexity index is 1590. The molecule has 1 aliphatic rings. The van der Waals surface area contributed by atoms with Crippen LogP contribution >= 0.6 is 11.6 Å². The predicted molar refractivity (Wildman–Crippen MR) is 149 cm³/mol. The average molecular weight is 622 g/mol. The highest BCUT2D eigenvalue weighted by Gasteiger charge is 2.40. The Morgan fingerprint density at radius 3 is 2.70 bits per heavy atom. The molecular formula is C25H27ClF3N11O3. The van der Waals surface area contributed by atoms with Crippen LogP contribution < -0.4 is 20.9 Å². The first kappa shape index (κ1) is 31.4. The van der Waals surface area contributed by atoms with Crippen molar-refractivity contribution in [3.05, 3.63) is 34.6 Å². The summed E-state index contributed by atoms with van der Waals surface area (Å²) in [6, 6.07) is 5.48. The molecule has 2 aromatic heterocycles. The molecule has 228 valence electrons. The Morgan fingerprint density at radius 2 is 2.07 bits per heavy atom. The third-order valence-corrected chi connectivity index (χ3v) is 7.31. The number of carbonyl (C=O) groups is 1. The molecule has 18 heteroatoms.